The molecule has 0 fully saturated rings. The lowest BCUT2D eigenvalue weighted by Crippen LogP contribution is -2.32. The maximum absolute atomic E-state index is 12.8. The van der Waals surface area contributed by atoms with Gasteiger partial charge in [-0.2, -0.15) is 0 Å². The molecule has 1 aliphatic heterocycles. The van der Waals surface area contributed by atoms with Gasteiger partial charge in [0.2, 0.25) is 11.7 Å². The van der Waals surface area contributed by atoms with E-state index in [0.29, 0.717) is 17.2 Å². The molecule has 7 heteroatoms. The zero-order valence-corrected chi connectivity index (χ0v) is 15.8. The number of nitrogens with one attached hydrogen (secondary N) is 2. The summed E-state index contributed by atoms with van der Waals surface area (Å²) >= 11 is 0. The Morgan fingerprint density at radius 3 is 2.30 bits per heavy atom. The summed E-state index contributed by atoms with van der Waals surface area (Å²) in [6.45, 7) is 0. The van der Waals surface area contributed by atoms with Gasteiger partial charge in [0.25, 0.3) is 0 Å². The summed E-state index contributed by atoms with van der Waals surface area (Å²) in [6, 6.07) is 20.3. The number of para-hydroxylation sites is 2. The molecule has 0 bridgehead atoms. The molecule has 0 spiro atoms. The van der Waals surface area contributed by atoms with E-state index >= 15 is 0 Å². The number of hydrogen-bond acceptors (Lipinski definition) is 7. The highest BCUT2D eigenvalue weighted by molar-refractivity contribution is 6.05. The van der Waals surface area contributed by atoms with E-state index < -0.39 is 6.17 Å². The molecule has 1 aliphatic rings. The van der Waals surface area contributed by atoms with Crippen molar-refractivity contribution in [3.05, 3.63) is 91.0 Å². The fraction of sp³-hybridized carbons (Fsp3) is 0.0435. The second-order valence-corrected chi connectivity index (χ2v) is 6.71. The molecule has 0 radical (unpaired) electrons. The largest absolute Gasteiger partial charge is 0.438 e. The van der Waals surface area contributed by atoms with Crippen LogP contribution in [0.4, 0.5) is 11.4 Å². The number of carbonyl (C=O) groups is 1. The van der Waals surface area contributed by atoms with Crippen LogP contribution < -0.4 is 15.4 Å². The number of pyridine rings is 1. The van der Waals surface area contributed by atoms with Crippen LogP contribution in [0.25, 0.3) is 11.3 Å². The van der Waals surface area contributed by atoms with Crippen LogP contribution in [0.3, 0.4) is 0 Å². The zero-order valence-electron chi connectivity index (χ0n) is 15.8. The summed E-state index contributed by atoms with van der Waals surface area (Å²) < 4.78 is 5.96. The van der Waals surface area contributed by atoms with Crippen LogP contribution in [0, 0.1) is 0 Å². The molecule has 0 unspecified atom stereocenters. The summed E-state index contributed by atoms with van der Waals surface area (Å²) in [6.07, 6.45) is 4.32. The Bertz CT molecular complexity index is 1170. The van der Waals surface area contributed by atoms with Crippen LogP contribution >= 0.6 is 0 Å². The van der Waals surface area contributed by atoms with E-state index in [1.54, 1.807) is 42.7 Å². The number of carbonyl (C=O) groups excluding carboxylic acids is 1. The van der Waals surface area contributed by atoms with Crippen LogP contribution in [0.1, 0.15) is 10.4 Å². The summed E-state index contributed by atoms with van der Waals surface area (Å²) in [4.78, 5) is 25.4. The Kier molecular flexibility index (Phi) is 4.53. The van der Waals surface area contributed by atoms with Gasteiger partial charge < -0.3 is 15.4 Å². The van der Waals surface area contributed by atoms with E-state index in [0.717, 1.165) is 22.6 Å². The van der Waals surface area contributed by atoms with Gasteiger partial charge in [-0.05, 0) is 54.6 Å². The van der Waals surface area contributed by atoms with Crippen molar-refractivity contribution in [2.24, 2.45) is 0 Å². The molecule has 0 saturated carbocycles. The molecule has 0 aliphatic carbocycles. The molecular weight excluding hydrogens is 378 g/mol. The third-order valence-corrected chi connectivity index (χ3v) is 4.77. The minimum absolute atomic E-state index is 0.0442. The third-order valence-electron chi connectivity index (χ3n) is 4.77. The molecule has 146 valence electrons. The van der Waals surface area contributed by atoms with Gasteiger partial charge in [0.1, 0.15) is 12.1 Å². The number of benzene rings is 2. The molecular formula is C23H17N5O2. The van der Waals surface area contributed by atoms with Gasteiger partial charge in [0.15, 0.2) is 6.17 Å². The van der Waals surface area contributed by atoms with Crippen molar-refractivity contribution in [3.63, 3.8) is 0 Å². The highest BCUT2D eigenvalue weighted by Crippen LogP contribution is 2.31. The summed E-state index contributed by atoms with van der Waals surface area (Å²) in [5.41, 5.74) is 3.90. The summed E-state index contributed by atoms with van der Waals surface area (Å²) in [5, 5.41) is 6.40. The van der Waals surface area contributed by atoms with Crippen LogP contribution in [-0.2, 0) is 0 Å². The molecule has 0 atom stereocenters. The summed E-state index contributed by atoms with van der Waals surface area (Å²) in [5.74, 6) is 0.971. The molecule has 4 aromatic rings. The second-order valence-electron chi connectivity index (χ2n) is 6.71. The van der Waals surface area contributed by atoms with Gasteiger partial charge in [-0.1, -0.05) is 12.1 Å². The van der Waals surface area contributed by atoms with Gasteiger partial charge in [0, 0.05) is 18.0 Å². The van der Waals surface area contributed by atoms with Crippen molar-refractivity contribution in [3.8, 4) is 22.9 Å². The van der Waals surface area contributed by atoms with Crippen LogP contribution in [0.15, 0.2) is 85.5 Å². The monoisotopic (exact) mass is 395 g/mol. The van der Waals surface area contributed by atoms with Crippen molar-refractivity contribution < 1.29 is 9.53 Å². The number of nitrogens with zero attached hydrogens (tertiary/aromatic N) is 3. The molecule has 2 aromatic heterocycles. The van der Waals surface area contributed by atoms with E-state index in [2.05, 4.69) is 25.6 Å². The zero-order chi connectivity index (χ0) is 20.3. The molecule has 30 heavy (non-hydrogen) atoms. The minimum Gasteiger partial charge on any atom is -0.438 e. The number of hydrogen-bond donors (Lipinski definition) is 2. The van der Waals surface area contributed by atoms with Crippen LogP contribution in [-0.4, -0.2) is 26.9 Å². The molecule has 7 nitrogen and oxygen atoms in total. The Morgan fingerprint density at radius 2 is 1.60 bits per heavy atom. The number of aromatic nitrogens is 3. The number of Topliss-reactive ketones (excluding diaryl/α,β-unsaturated/α-hetero) is 1. The predicted octanol–water partition coefficient (Wildman–Crippen LogP) is 4.38. The number of rotatable bonds is 5. The average molecular weight is 395 g/mol. The first kappa shape index (κ1) is 17.8. The average Bonchev–Trinajstić information content (AvgIpc) is 3.24. The topological polar surface area (TPSA) is 89.0 Å². The van der Waals surface area contributed by atoms with Gasteiger partial charge >= 0.3 is 0 Å². The van der Waals surface area contributed by atoms with E-state index in [1.165, 1.54) is 6.33 Å². The highest BCUT2D eigenvalue weighted by Gasteiger charge is 2.26. The second kappa shape index (κ2) is 7.63. The van der Waals surface area contributed by atoms with E-state index in [1.807, 2.05) is 36.4 Å². The van der Waals surface area contributed by atoms with Crippen molar-refractivity contribution >= 4 is 17.2 Å². The molecule has 0 amide bonds. The Labute approximate surface area is 172 Å². The lowest BCUT2D eigenvalue weighted by molar-refractivity contribution is 0.0980. The maximum Gasteiger partial charge on any atom is 0.228 e. The fourth-order valence-electron chi connectivity index (χ4n) is 3.30. The Hall–Kier alpha value is -4.26. The smallest absolute Gasteiger partial charge is 0.228 e. The third kappa shape index (κ3) is 3.44. The first-order chi connectivity index (χ1) is 14.8. The number of fused-ring (bicyclic) bond motifs is 1. The quantitative estimate of drug-likeness (QED) is 0.485. The van der Waals surface area contributed by atoms with Crippen LogP contribution in [0.2, 0.25) is 0 Å². The molecule has 5 rings (SSSR count). The minimum atomic E-state index is -0.491. The Balaban J connectivity index is 1.33. The number of ether oxygens (including phenoxy) is 1. The molecule has 2 aromatic carbocycles. The normalized spacial score (nSPS) is 12.5. The predicted molar refractivity (Wildman–Crippen MR) is 114 cm³/mol. The van der Waals surface area contributed by atoms with Crippen LogP contribution in [0.5, 0.6) is 11.6 Å². The lowest BCUT2D eigenvalue weighted by atomic mass is 10.1. The molecule has 0 saturated heterocycles. The number of ketones is 1. The van der Waals surface area contributed by atoms with Gasteiger partial charge in [-0.3, -0.25) is 4.79 Å². The van der Waals surface area contributed by atoms with Gasteiger partial charge in [-0.25, -0.2) is 15.0 Å². The van der Waals surface area contributed by atoms with E-state index in [9.17, 15) is 4.79 Å². The van der Waals surface area contributed by atoms with Gasteiger partial charge in [-0.15, -0.1) is 0 Å². The first-order valence-electron chi connectivity index (χ1n) is 9.43. The van der Waals surface area contributed by atoms with Gasteiger partial charge in [0.05, 0.1) is 22.6 Å². The molecule has 3 heterocycles. The molecule has 2 N–H and O–H groups in total. The van der Waals surface area contributed by atoms with Crippen molar-refractivity contribution in [1.82, 2.24) is 15.0 Å². The highest BCUT2D eigenvalue weighted by atomic mass is 16.5. The Morgan fingerprint density at radius 1 is 0.833 bits per heavy atom. The van der Waals surface area contributed by atoms with E-state index in [4.69, 9.17) is 4.74 Å². The fourth-order valence-corrected chi connectivity index (χ4v) is 3.30. The van der Waals surface area contributed by atoms with Crippen molar-refractivity contribution in [1.29, 1.82) is 0 Å². The number of anilines is 2. The van der Waals surface area contributed by atoms with Crippen molar-refractivity contribution in [2.75, 3.05) is 10.6 Å². The first-order valence-corrected chi connectivity index (χ1v) is 9.43. The van der Waals surface area contributed by atoms with Crippen molar-refractivity contribution in [2.45, 2.75) is 6.17 Å². The SMILES string of the molecule is O=C(c1ccc(Oc2ncccc2-c2ccncn2)cc1)C1Nc2ccccc2N1. The summed E-state index contributed by atoms with van der Waals surface area (Å²) in [7, 11) is 0. The maximum atomic E-state index is 12.8. The standard InChI is InChI=1S/C23H17N5O2/c29-21(22-27-19-5-1-2-6-20(19)28-22)15-7-9-16(10-8-15)30-23-17(4-3-12-25-23)18-11-13-24-14-26-18/h1-14,22,27-28H. The lowest BCUT2D eigenvalue weighted by Gasteiger charge is -2.12. The van der Waals surface area contributed by atoms with E-state index in [-0.39, 0.29) is 5.78 Å².